The van der Waals surface area contributed by atoms with Gasteiger partial charge in [-0.25, -0.2) is 0 Å². The van der Waals surface area contributed by atoms with Crippen LogP contribution in [-0.4, -0.2) is 40.7 Å². The quantitative estimate of drug-likeness (QED) is 0.479. The molecule has 1 saturated heterocycles. The van der Waals surface area contributed by atoms with E-state index in [0.29, 0.717) is 26.8 Å². The summed E-state index contributed by atoms with van der Waals surface area (Å²) in [5.41, 5.74) is 1.65. The van der Waals surface area contributed by atoms with Gasteiger partial charge in [-0.2, -0.15) is 0 Å². The molecule has 0 unspecified atom stereocenters. The van der Waals surface area contributed by atoms with Crippen molar-refractivity contribution in [3.63, 3.8) is 0 Å². The van der Waals surface area contributed by atoms with Gasteiger partial charge in [-0.05, 0) is 49.1 Å². The fraction of sp³-hybridized carbons (Fsp3) is 0.318. The maximum absolute atomic E-state index is 12.4. The van der Waals surface area contributed by atoms with Gasteiger partial charge in [-0.3, -0.25) is 4.79 Å². The van der Waals surface area contributed by atoms with Crippen molar-refractivity contribution in [2.24, 2.45) is 5.92 Å². The lowest BCUT2D eigenvalue weighted by Crippen LogP contribution is -2.40. The summed E-state index contributed by atoms with van der Waals surface area (Å²) in [5, 5.41) is 14.0. The van der Waals surface area contributed by atoms with Crippen LogP contribution < -0.4 is 10.1 Å². The lowest BCUT2D eigenvalue weighted by molar-refractivity contribution is -0.134. The molecule has 0 saturated carbocycles. The minimum absolute atomic E-state index is 0.0290. The standard InChI is InChI=1S/C22H22Cl2N4O2S/c1-14-7-9-28(10-8-14)20(29)13-30-17-4-2-3-15(11-17)21-26-27-22(31-21)25-16-5-6-18(23)19(24)12-16/h2-6,11-12,14H,7-10,13H2,1H3,(H,25,27). The molecule has 1 fully saturated rings. The van der Waals surface area contributed by atoms with Gasteiger partial charge in [-0.15, -0.1) is 10.2 Å². The Labute approximate surface area is 195 Å². The van der Waals surface area contributed by atoms with Gasteiger partial charge in [0.05, 0.1) is 10.0 Å². The Morgan fingerprint density at radius 1 is 1.16 bits per heavy atom. The number of nitrogens with one attached hydrogen (secondary N) is 1. The third-order valence-corrected chi connectivity index (χ3v) is 6.80. The number of nitrogens with zero attached hydrogens (tertiary/aromatic N) is 3. The van der Waals surface area contributed by atoms with Crippen molar-refractivity contribution in [2.75, 3.05) is 25.0 Å². The largest absolute Gasteiger partial charge is 0.484 e. The molecule has 3 aromatic rings. The number of anilines is 2. The zero-order valence-corrected chi connectivity index (χ0v) is 19.3. The molecular formula is C22H22Cl2N4O2S. The molecule has 1 aromatic heterocycles. The number of carbonyl (C=O) groups is 1. The molecule has 1 amide bonds. The molecule has 4 rings (SSSR count). The smallest absolute Gasteiger partial charge is 0.260 e. The van der Waals surface area contributed by atoms with Gasteiger partial charge in [-0.1, -0.05) is 53.6 Å². The first-order valence-electron chi connectivity index (χ1n) is 10.0. The minimum atomic E-state index is 0.0290. The number of amides is 1. The molecular weight excluding hydrogens is 455 g/mol. The van der Waals surface area contributed by atoms with E-state index < -0.39 is 0 Å². The van der Waals surface area contributed by atoms with E-state index in [-0.39, 0.29) is 12.5 Å². The molecule has 31 heavy (non-hydrogen) atoms. The SMILES string of the molecule is CC1CCN(C(=O)COc2cccc(-c3nnc(Nc4ccc(Cl)c(Cl)c4)s3)c2)CC1. The van der Waals surface area contributed by atoms with E-state index in [1.54, 1.807) is 12.1 Å². The number of piperidine rings is 1. The molecule has 1 N–H and O–H groups in total. The van der Waals surface area contributed by atoms with Crippen LogP contribution in [0.4, 0.5) is 10.8 Å². The van der Waals surface area contributed by atoms with Crippen LogP contribution in [0.1, 0.15) is 19.8 Å². The molecule has 6 nitrogen and oxygen atoms in total. The van der Waals surface area contributed by atoms with Gasteiger partial charge in [0, 0.05) is 24.3 Å². The molecule has 0 aliphatic carbocycles. The summed E-state index contributed by atoms with van der Waals surface area (Å²) >= 11 is 13.4. The third-order valence-electron chi connectivity index (χ3n) is 5.18. The Balaban J connectivity index is 1.38. The molecule has 2 heterocycles. The van der Waals surface area contributed by atoms with Crippen molar-refractivity contribution in [3.8, 4) is 16.3 Å². The maximum Gasteiger partial charge on any atom is 0.260 e. The second-order valence-electron chi connectivity index (χ2n) is 7.55. The Kier molecular flexibility index (Phi) is 6.95. The molecule has 2 aromatic carbocycles. The molecule has 162 valence electrons. The number of benzene rings is 2. The Hall–Kier alpha value is -2.35. The van der Waals surface area contributed by atoms with Gasteiger partial charge in [0.25, 0.3) is 5.91 Å². The summed E-state index contributed by atoms with van der Waals surface area (Å²) in [5.74, 6) is 1.34. The normalized spacial score (nSPS) is 14.5. The number of halogens is 2. The lowest BCUT2D eigenvalue weighted by atomic mass is 9.99. The number of rotatable bonds is 6. The number of aromatic nitrogens is 2. The summed E-state index contributed by atoms with van der Waals surface area (Å²) in [7, 11) is 0. The molecule has 9 heteroatoms. The van der Waals surface area contributed by atoms with Crippen molar-refractivity contribution in [2.45, 2.75) is 19.8 Å². The van der Waals surface area contributed by atoms with E-state index in [9.17, 15) is 4.79 Å². The summed E-state index contributed by atoms with van der Waals surface area (Å²) in [6.07, 6.45) is 2.10. The van der Waals surface area contributed by atoms with E-state index in [0.717, 1.165) is 42.2 Å². The maximum atomic E-state index is 12.4. The van der Waals surface area contributed by atoms with Crippen molar-refractivity contribution < 1.29 is 9.53 Å². The highest BCUT2D eigenvalue weighted by Crippen LogP contribution is 2.32. The monoisotopic (exact) mass is 476 g/mol. The van der Waals surface area contributed by atoms with Crippen LogP contribution in [-0.2, 0) is 4.79 Å². The van der Waals surface area contributed by atoms with Crippen LogP contribution in [0.2, 0.25) is 10.0 Å². The highest BCUT2D eigenvalue weighted by molar-refractivity contribution is 7.18. The molecule has 0 radical (unpaired) electrons. The highest BCUT2D eigenvalue weighted by Gasteiger charge is 2.20. The zero-order valence-electron chi connectivity index (χ0n) is 17.0. The number of hydrogen-bond acceptors (Lipinski definition) is 6. The molecule has 0 bridgehead atoms. The van der Waals surface area contributed by atoms with Crippen LogP contribution in [0.5, 0.6) is 5.75 Å². The first-order valence-corrected chi connectivity index (χ1v) is 11.6. The van der Waals surface area contributed by atoms with Gasteiger partial charge in [0.1, 0.15) is 10.8 Å². The summed E-state index contributed by atoms with van der Waals surface area (Å²) in [6.45, 7) is 3.88. The average molecular weight is 477 g/mol. The second kappa shape index (κ2) is 9.85. The molecule has 0 atom stereocenters. The highest BCUT2D eigenvalue weighted by atomic mass is 35.5. The number of likely N-dealkylation sites (tertiary alicyclic amines) is 1. The van der Waals surface area contributed by atoms with Crippen molar-refractivity contribution in [1.82, 2.24) is 15.1 Å². The van der Waals surface area contributed by atoms with Gasteiger partial charge in [0.15, 0.2) is 6.61 Å². The summed E-state index contributed by atoms with van der Waals surface area (Å²) in [6, 6.07) is 12.8. The first-order chi connectivity index (χ1) is 15.0. The summed E-state index contributed by atoms with van der Waals surface area (Å²) < 4.78 is 5.76. The van der Waals surface area contributed by atoms with Gasteiger partial charge in [0.2, 0.25) is 5.13 Å². The van der Waals surface area contributed by atoms with Gasteiger partial charge >= 0.3 is 0 Å². The number of ether oxygens (including phenoxy) is 1. The van der Waals surface area contributed by atoms with E-state index in [4.69, 9.17) is 27.9 Å². The number of carbonyl (C=O) groups excluding carboxylic acids is 1. The zero-order chi connectivity index (χ0) is 21.8. The van der Waals surface area contributed by atoms with Crippen LogP contribution in [0.3, 0.4) is 0 Å². The molecule has 1 aliphatic rings. The fourth-order valence-electron chi connectivity index (χ4n) is 3.30. The Morgan fingerprint density at radius 3 is 2.74 bits per heavy atom. The second-order valence-corrected chi connectivity index (χ2v) is 9.34. The Morgan fingerprint density at radius 2 is 1.97 bits per heavy atom. The first kappa shape index (κ1) is 21.9. The predicted molar refractivity (Wildman–Crippen MR) is 126 cm³/mol. The van der Waals surface area contributed by atoms with Gasteiger partial charge < -0.3 is 15.0 Å². The van der Waals surface area contributed by atoms with E-state index in [1.807, 2.05) is 35.2 Å². The predicted octanol–water partition coefficient (Wildman–Crippen LogP) is 5.89. The van der Waals surface area contributed by atoms with E-state index >= 15 is 0 Å². The minimum Gasteiger partial charge on any atom is -0.484 e. The Bertz CT molecular complexity index is 1070. The fourth-order valence-corrected chi connectivity index (χ4v) is 4.36. The van der Waals surface area contributed by atoms with Crippen molar-refractivity contribution >= 4 is 51.3 Å². The lowest BCUT2D eigenvalue weighted by Gasteiger charge is -2.30. The van der Waals surface area contributed by atoms with Crippen LogP contribution in [0, 0.1) is 5.92 Å². The third kappa shape index (κ3) is 5.67. The van der Waals surface area contributed by atoms with Crippen LogP contribution in [0.25, 0.3) is 10.6 Å². The number of hydrogen-bond donors (Lipinski definition) is 1. The summed E-state index contributed by atoms with van der Waals surface area (Å²) in [4.78, 5) is 14.3. The van der Waals surface area contributed by atoms with Crippen LogP contribution >= 0.6 is 34.5 Å². The molecule has 0 spiro atoms. The van der Waals surface area contributed by atoms with E-state index in [2.05, 4.69) is 22.4 Å². The van der Waals surface area contributed by atoms with Crippen molar-refractivity contribution in [1.29, 1.82) is 0 Å². The van der Waals surface area contributed by atoms with Crippen LogP contribution in [0.15, 0.2) is 42.5 Å². The average Bonchev–Trinajstić information content (AvgIpc) is 3.24. The topological polar surface area (TPSA) is 67.4 Å². The van der Waals surface area contributed by atoms with E-state index in [1.165, 1.54) is 11.3 Å². The molecule has 1 aliphatic heterocycles. The van der Waals surface area contributed by atoms with Crippen molar-refractivity contribution in [3.05, 3.63) is 52.5 Å².